The number of nitriles is 2. The molecule has 0 aromatic heterocycles. The van der Waals surface area contributed by atoms with Gasteiger partial charge in [-0.3, -0.25) is 0 Å². The van der Waals surface area contributed by atoms with Crippen molar-refractivity contribution in [3.8, 4) is 23.3 Å². The summed E-state index contributed by atoms with van der Waals surface area (Å²) in [6.07, 6.45) is 0. The Labute approximate surface area is 183 Å². The third-order valence-corrected chi connectivity index (χ3v) is 4.66. The van der Waals surface area contributed by atoms with Gasteiger partial charge in [0, 0.05) is 10.8 Å². The second kappa shape index (κ2) is 9.02. The van der Waals surface area contributed by atoms with Gasteiger partial charge in [0.2, 0.25) is 0 Å². The zero-order valence-electron chi connectivity index (χ0n) is 16.2. The van der Waals surface area contributed by atoms with E-state index >= 15 is 0 Å². The number of benzene rings is 3. The lowest BCUT2D eigenvalue weighted by atomic mass is 9.94. The van der Waals surface area contributed by atoms with Gasteiger partial charge < -0.3 is 0 Å². The molecule has 9 heteroatoms. The summed E-state index contributed by atoms with van der Waals surface area (Å²) >= 11 is 0. The highest BCUT2D eigenvalue weighted by molar-refractivity contribution is 5.83. The van der Waals surface area contributed by atoms with E-state index in [-0.39, 0.29) is 27.3 Å². The first-order valence-electron chi connectivity index (χ1n) is 8.85. The molecule has 0 fully saturated rings. The molecule has 0 atom stereocenters. The number of hydrogen-bond donors (Lipinski definition) is 0. The van der Waals surface area contributed by atoms with Gasteiger partial charge in [-0.1, -0.05) is 36.4 Å². The molecule has 33 heavy (non-hydrogen) atoms. The molecule has 0 unspecified atom stereocenters. The summed E-state index contributed by atoms with van der Waals surface area (Å²) in [6.45, 7) is 13.8. The maximum Gasteiger partial charge on any atom is 0.268 e. The SMILES string of the molecule is [C-]#[N+]/C(C#N)=c1\cc/c(=C(/C#N)c2c(F)c(F)c([N+]#[C-])c(F)c2F)c(-c2ccccc2F)c1. The van der Waals surface area contributed by atoms with Crippen molar-refractivity contribution in [1.29, 1.82) is 10.5 Å². The molecule has 0 radical (unpaired) electrons. The fourth-order valence-corrected chi connectivity index (χ4v) is 3.15. The van der Waals surface area contributed by atoms with E-state index in [0.717, 1.165) is 18.2 Å². The lowest BCUT2D eigenvalue weighted by Gasteiger charge is -2.11. The third kappa shape index (κ3) is 3.76. The number of hydrogen-bond acceptors (Lipinski definition) is 2. The maximum absolute atomic E-state index is 14.7. The molecule has 0 aliphatic carbocycles. The molecule has 0 aliphatic rings. The van der Waals surface area contributed by atoms with Crippen molar-refractivity contribution in [1.82, 2.24) is 0 Å². The van der Waals surface area contributed by atoms with Crippen molar-refractivity contribution in [2.75, 3.05) is 0 Å². The largest absolute Gasteiger partial charge is 0.268 e. The Kier molecular flexibility index (Phi) is 6.20. The van der Waals surface area contributed by atoms with Crippen LogP contribution in [-0.4, -0.2) is 0 Å². The third-order valence-electron chi connectivity index (χ3n) is 4.66. The summed E-state index contributed by atoms with van der Waals surface area (Å²) in [5.41, 5.74) is -4.48. The van der Waals surface area contributed by atoms with Gasteiger partial charge >= 0.3 is 0 Å². The van der Waals surface area contributed by atoms with E-state index in [1.807, 2.05) is 0 Å². The summed E-state index contributed by atoms with van der Waals surface area (Å²) in [7, 11) is 0. The molecule has 0 saturated heterocycles. The summed E-state index contributed by atoms with van der Waals surface area (Å²) in [5.74, 6) is -8.71. The molecule has 4 nitrogen and oxygen atoms in total. The molecule has 0 bridgehead atoms. The lowest BCUT2D eigenvalue weighted by Crippen LogP contribution is -2.18. The van der Waals surface area contributed by atoms with E-state index in [9.17, 15) is 27.2 Å². The smallest absolute Gasteiger partial charge is 0.232 e. The molecule has 3 aromatic rings. The fourth-order valence-electron chi connectivity index (χ4n) is 3.15. The quantitative estimate of drug-likeness (QED) is 0.320. The molecule has 0 saturated carbocycles. The highest BCUT2D eigenvalue weighted by atomic mass is 19.2. The van der Waals surface area contributed by atoms with Gasteiger partial charge in [-0.15, -0.1) is 0 Å². The normalized spacial score (nSPS) is 12.0. The van der Waals surface area contributed by atoms with Crippen LogP contribution in [-0.2, 0) is 0 Å². The van der Waals surface area contributed by atoms with E-state index in [4.69, 9.17) is 18.4 Å². The predicted molar refractivity (Wildman–Crippen MR) is 107 cm³/mol. The summed E-state index contributed by atoms with van der Waals surface area (Å²) < 4.78 is 72.4. The summed E-state index contributed by atoms with van der Waals surface area (Å²) in [6, 6.07) is 11.7. The summed E-state index contributed by atoms with van der Waals surface area (Å²) in [4.78, 5) is 5.48. The molecule has 3 aromatic carbocycles. The molecule has 158 valence electrons. The van der Waals surface area contributed by atoms with Crippen LogP contribution in [0.2, 0.25) is 0 Å². The van der Waals surface area contributed by atoms with Crippen LogP contribution in [0.15, 0.2) is 42.5 Å². The number of nitrogens with zero attached hydrogens (tertiary/aromatic N) is 4. The highest BCUT2D eigenvalue weighted by Gasteiger charge is 2.28. The fraction of sp³-hybridized carbons (Fsp3) is 0. The van der Waals surface area contributed by atoms with Crippen LogP contribution in [0.25, 0.3) is 32.1 Å². The first-order chi connectivity index (χ1) is 15.8. The van der Waals surface area contributed by atoms with Crippen molar-refractivity contribution in [3.63, 3.8) is 0 Å². The summed E-state index contributed by atoms with van der Waals surface area (Å²) in [5, 5.41) is 18.5. The average molecular weight is 446 g/mol. The Bertz CT molecular complexity index is 1570. The molecule has 3 rings (SSSR count). The van der Waals surface area contributed by atoms with Crippen molar-refractivity contribution in [3.05, 3.63) is 110 Å². The molecule has 0 amide bonds. The number of halogens is 5. The zero-order valence-corrected chi connectivity index (χ0v) is 16.2. The molecular formula is C24H7F5N4. The van der Waals surface area contributed by atoms with Crippen LogP contribution in [0, 0.1) is 64.9 Å². The van der Waals surface area contributed by atoms with Crippen LogP contribution in [0.4, 0.5) is 27.6 Å². The standard InChI is InChI=1S/C24H7F5N4/c1-32-18(11-31)12-7-8-13(15(9-12)14-5-3-4-6-17(14)25)16(10-30)19-20(26)22(28)24(33-2)23(29)21(19)27/h3-9H/b16-13+,18-12+. The second-order valence-corrected chi connectivity index (χ2v) is 6.39. The van der Waals surface area contributed by atoms with Gasteiger partial charge in [-0.25, -0.2) is 36.9 Å². The number of rotatable bonds is 2. The molecule has 0 heterocycles. The van der Waals surface area contributed by atoms with Gasteiger partial charge in [-0.2, -0.15) is 5.26 Å². The van der Waals surface area contributed by atoms with Crippen molar-refractivity contribution in [2.24, 2.45) is 0 Å². The zero-order chi connectivity index (χ0) is 24.3. The van der Waals surface area contributed by atoms with Gasteiger partial charge in [-0.05, 0) is 16.8 Å². The second-order valence-electron chi connectivity index (χ2n) is 6.39. The van der Waals surface area contributed by atoms with Crippen LogP contribution >= 0.6 is 0 Å². The van der Waals surface area contributed by atoms with Crippen molar-refractivity contribution < 1.29 is 22.0 Å². The Morgan fingerprint density at radius 3 is 1.94 bits per heavy atom. The first kappa shape index (κ1) is 22.7. The minimum absolute atomic E-state index is 0.0217. The minimum atomic E-state index is -1.98. The van der Waals surface area contributed by atoms with Gasteiger partial charge in [0.25, 0.3) is 11.4 Å². The first-order valence-corrected chi connectivity index (χ1v) is 8.85. The predicted octanol–water partition coefficient (Wildman–Crippen LogP) is 4.87. The Morgan fingerprint density at radius 1 is 0.788 bits per heavy atom. The van der Waals surface area contributed by atoms with E-state index in [0.29, 0.717) is 0 Å². The molecule has 0 N–H and O–H groups in total. The van der Waals surface area contributed by atoms with E-state index in [1.54, 1.807) is 6.07 Å². The highest BCUT2D eigenvalue weighted by Crippen LogP contribution is 2.33. The van der Waals surface area contributed by atoms with Crippen LogP contribution in [0.1, 0.15) is 5.56 Å². The van der Waals surface area contributed by atoms with Crippen LogP contribution < -0.4 is 10.4 Å². The Balaban J connectivity index is 2.63. The van der Waals surface area contributed by atoms with Crippen LogP contribution in [0.5, 0.6) is 0 Å². The molecule has 0 aliphatic heterocycles. The average Bonchev–Trinajstić information content (AvgIpc) is 2.82. The van der Waals surface area contributed by atoms with Crippen molar-refractivity contribution >= 4 is 17.0 Å². The Morgan fingerprint density at radius 2 is 1.42 bits per heavy atom. The van der Waals surface area contributed by atoms with E-state index in [1.165, 1.54) is 30.3 Å². The topological polar surface area (TPSA) is 56.3 Å². The van der Waals surface area contributed by atoms with Gasteiger partial charge in [0.15, 0.2) is 23.3 Å². The van der Waals surface area contributed by atoms with Crippen molar-refractivity contribution in [2.45, 2.75) is 0 Å². The molecular weight excluding hydrogens is 439 g/mol. The monoisotopic (exact) mass is 446 g/mol. The lowest BCUT2D eigenvalue weighted by molar-refractivity contribution is 0.457. The van der Waals surface area contributed by atoms with E-state index < -0.39 is 45.9 Å². The van der Waals surface area contributed by atoms with Crippen LogP contribution in [0.3, 0.4) is 0 Å². The van der Waals surface area contributed by atoms with Gasteiger partial charge in [0.1, 0.15) is 11.9 Å². The van der Waals surface area contributed by atoms with E-state index in [2.05, 4.69) is 9.69 Å². The molecule has 0 spiro atoms. The Hall–Kier alpha value is -4.99. The maximum atomic E-state index is 14.7. The minimum Gasteiger partial charge on any atom is -0.232 e. The van der Waals surface area contributed by atoms with Gasteiger partial charge in [0.05, 0.1) is 30.4 Å².